The molecule has 0 aliphatic rings. The molecule has 0 aromatic heterocycles. The average molecular weight is 201 g/mol. The van der Waals surface area contributed by atoms with Crippen molar-refractivity contribution in [2.75, 3.05) is 6.54 Å². The third kappa shape index (κ3) is 4.33. The maximum Gasteiger partial charge on any atom is 0.217 e. The fourth-order valence-electron chi connectivity index (χ4n) is 1.18. The molecule has 1 aromatic rings. The molecule has 0 saturated carbocycles. The minimum atomic E-state index is -0.0494. The largest absolute Gasteiger partial charge is 0.345 e. The first-order valence-electron chi connectivity index (χ1n) is 5.04. The van der Waals surface area contributed by atoms with Crippen LogP contribution < -0.4 is 5.32 Å². The number of hydrogen-bond acceptors (Lipinski definition) is 1. The van der Waals surface area contributed by atoms with Crippen LogP contribution >= 0.6 is 0 Å². The van der Waals surface area contributed by atoms with Gasteiger partial charge >= 0.3 is 0 Å². The zero-order valence-corrected chi connectivity index (χ0v) is 9.13. The first kappa shape index (κ1) is 11.3. The summed E-state index contributed by atoms with van der Waals surface area (Å²) < 4.78 is 0. The van der Waals surface area contributed by atoms with Crippen molar-refractivity contribution in [3.63, 3.8) is 0 Å². The molecular formula is C13H15NO. The Kier molecular flexibility index (Phi) is 4.43. The number of amides is 1. The highest BCUT2D eigenvalue weighted by Crippen LogP contribution is 2.03. The molecule has 2 nitrogen and oxygen atoms in total. The van der Waals surface area contributed by atoms with E-state index in [1.54, 1.807) is 0 Å². The normalized spacial score (nSPS) is 8.93. The van der Waals surface area contributed by atoms with Crippen molar-refractivity contribution >= 4 is 5.91 Å². The van der Waals surface area contributed by atoms with Gasteiger partial charge in [0.1, 0.15) is 0 Å². The van der Waals surface area contributed by atoms with Crippen LogP contribution in [-0.4, -0.2) is 12.5 Å². The topological polar surface area (TPSA) is 29.1 Å². The minimum Gasteiger partial charge on any atom is -0.345 e. The maximum absolute atomic E-state index is 10.6. The Hall–Kier alpha value is -1.75. The molecule has 1 N–H and O–H groups in total. The van der Waals surface area contributed by atoms with E-state index in [1.807, 2.05) is 12.1 Å². The summed E-state index contributed by atoms with van der Waals surface area (Å²) in [6.45, 7) is 4.01. The Balaban J connectivity index is 2.59. The van der Waals surface area contributed by atoms with E-state index >= 15 is 0 Å². The highest BCUT2D eigenvalue weighted by atomic mass is 16.1. The van der Waals surface area contributed by atoms with Crippen molar-refractivity contribution in [1.29, 1.82) is 0 Å². The summed E-state index contributed by atoms with van der Waals surface area (Å²) in [5.41, 5.74) is 2.28. The first-order valence-corrected chi connectivity index (χ1v) is 5.04. The number of nitrogens with one attached hydrogen (secondary N) is 1. The van der Waals surface area contributed by atoms with Crippen LogP contribution in [0.4, 0.5) is 0 Å². The van der Waals surface area contributed by atoms with E-state index in [4.69, 9.17) is 0 Å². The van der Waals surface area contributed by atoms with Crippen molar-refractivity contribution in [2.45, 2.75) is 20.3 Å². The average Bonchev–Trinajstić information content (AvgIpc) is 2.24. The third-order valence-corrected chi connectivity index (χ3v) is 1.99. The summed E-state index contributed by atoms with van der Waals surface area (Å²) in [4.78, 5) is 10.6. The van der Waals surface area contributed by atoms with Crippen LogP contribution in [0.15, 0.2) is 24.3 Å². The highest BCUT2D eigenvalue weighted by Gasteiger charge is 1.90. The molecule has 15 heavy (non-hydrogen) atoms. The minimum absolute atomic E-state index is 0.0494. The molecule has 0 atom stereocenters. The van der Waals surface area contributed by atoms with Crippen LogP contribution in [0.5, 0.6) is 0 Å². The second-order valence-electron chi connectivity index (χ2n) is 3.27. The number of hydrogen-bond donors (Lipinski definition) is 1. The number of carbonyl (C=O) groups excluding carboxylic acids is 1. The lowest BCUT2D eigenvalue weighted by Gasteiger charge is -1.96. The van der Waals surface area contributed by atoms with Crippen molar-refractivity contribution in [1.82, 2.24) is 5.32 Å². The smallest absolute Gasteiger partial charge is 0.217 e. The number of rotatable bonds is 2. The van der Waals surface area contributed by atoms with Crippen molar-refractivity contribution in [3.8, 4) is 11.8 Å². The number of benzene rings is 1. The van der Waals surface area contributed by atoms with Crippen molar-refractivity contribution in [3.05, 3.63) is 35.4 Å². The molecule has 0 spiro atoms. The number of aryl methyl sites for hydroxylation is 1. The molecule has 0 fully saturated rings. The molecule has 0 heterocycles. The van der Waals surface area contributed by atoms with E-state index < -0.39 is 0 Å². The second-order valence-corrected chi connectivity index (χ2v) is 3.27. The van der Waals surface area contributed by atoms with Gasteiger partial charge in [-0.25, -0.2) is 0 Å². The quantitative estimate of drug-likeness (QED) is 0.725. The highest BCUT2D eigenvalue weighted by molar-refractivity contribution is 5.73. The molecule has 0 radical (unpaired) electrons. The van der Waals surface area contributed by atoms with E-state index in [9.17, 15) is 4.79 Å². The molecule has 0 unspecified atom stereocenters. The van der Waals surface area contributed by atoms with E-state index in [0.717, 1.165) is 12.0 Å². The summed E-state index contributed by atoms with van der Waals surface area (Å²) in [7, 11) is 0. The van der Waals surface area contributed by atoms with Crippen LogP contribution in [0.25, 0.3) is 0 Å². The lowest BCUT2D eigenvalue weighted by molar-refractivity contribution is -0.118. The fourth-order valence-corrected chi connectivity index (χ4v) is 1.18. The Bertz CT molecular complexity index is 398. The molecule has 0 aliphatic carbocycles. The Morgan fingerprint density at radius 2 is 2.27 bits per heavy atom. The monoisotopic (exact) mass is 201 g/mol. The number of carbonyl (C=O) groups is 1. The standard InChI is InChI=1S/C13H15NO/c1-3-12-6-4-7-13(10-12)8-5-9-14-11(2)15/h4,6-7,10H,3,9H2,1-2H3,(H,14,15). The third-order valence-electron chi connectivity index (χ3n) is 1.99. The van der Waals surface area contributed by atoms with Gasteiger partial charge in [-0.2, -0.15) is 0 Å². The van der Waals surface area contributed by atoms with Gasteiger partial charge in [0.05, 0.1) is 6.54 Å². The van der Waals surface area contributed by atoms with E-state index in [0.29, 0.717) is 6.54 Å². The molecule has 2 heteroatoms. The Morgan fingerprint density at radius 3 is 2.93 bits per heavy atom. The lowest BCUT2D eigenvalue weighted by Crippen LogP contribution is -2.19. The second kappa shape index (κ2) is 5.87. The summed E-state index contributed by atoms with van der Waals surface area (Å²) in [6.07, 6.45) is 1.02. The van der Waals surface area contributed by atoms with Gasteiger partial charge in [-0.3, -0.25) is 4.79 Å². The van der Waals surface area contributed by atoms with Crippen LogP contribution in [0.3, 0.4) is 0 Å². The van der Waals surface area contributed by atoms with Crippen LogP contribution in [0, 0.1) is 11.8 Å². The first-order chi connectivity index (χ1) is 7.22. The predicted octanol–water partition coefficient (Wildman–Crippen LogP) is 1.74. The van der Waals surface area contributed by atoms with Gasteiger partial charge in [0.15, 0.2) is 0 Å². The zero-order chi connectivity index (χ0) is 11.1. The molecule has 1 amide bonds. The molecule has 0 saturated heterocycles. The van der Waals surface area contributed by atoms with Gasteiger partial charge in [0, 0.05) is 12.5 Å². The van der Waals surface area contributed by atoms with Gasteiger partial charge in [0.2, 0.25) is 5.91 Å². The maximum atomic E-state index is 10.6. The van der Waals surface area contributed by atoms with Gasteiger partial charge in [-0.15, -0.1) is 0 Å². The van der Waals surface area contributed by atoms with Gasteiger partial charge < -0.3 is 5.32 Å². The Labute approximate surface area is 90.7 Å². The van der Waals surface area contributed by atoms with E-state index in [-0.39, 0.29) is 5.91 Å². The molecule has 1 rings (SSSR count). The van der Waals surface area contributed by atoms with Crippen molar-refractivity contribution in [2.24, 2.45) is 0 Å². The van der Waals surface area contributed by atoms with E-state index in [1.165, 1.54) is 12.5 Å². The predicted molar refractivity (Wildman–Crippen MR) is 61.4 cm³/mol. The van der Waals surface area contributed by atoms with Gasteiger partial charge in [-0.1, -0.05) is 30.9 Å². The van der Waals surface area contributed by atoms with Gasteiger partial charge in [0.25, 0.3) is 0 Å². The molecule has 0 bridgehead atoms. The van der Waals surface area contributed by atoms with Crippen LogP contribution in [-0.2, 0) is 11.2 Å². The van der Waals surface area contributed by atoms with Crippen LogP contribution in [0.1, 0.15) is 25.0 Å². The Morgan fingerprint density at radius 1 is 1.47 bits per heavy atom. The molecular weight excluding hydrogens is 186 g/mol. The molecule has 0 aliphatic heterocycles. The molecule has 1 aromatic carbocycles. The molecule has 78 valence electrons. The summed E-state index contributed by atoms with van der Waals surface area (Å²) in [5, 5.41) is 2.63. The fraction of sp³-hybridized carbons (Fsp3) is 0.308. The summed E-state index contributed by atoms with van der Waals surface area (Å²) >= 11 is 0. The van der Waals surface area contributed by atoms with E-state index in [2.05, 4.69) is 36.2 Å². The summed E-state index contributed by atoms with van der Waals surface area (Å²) in [6, 6.07) is 8.13. The van der Waals surface area contributed by atoms with Gasteiger partial charge in [-0.05, 0) is 24.1 Å². The lowest BCUT2D eigenvalue weighted by atomic mass is 10.1. The SMILES string of the molecule is CCc1cccc(C#CCNC(C)=O)c1. The summed E-state index contributed by atoms with van der Waals surface area (Å²) in [5.74, 6) is 5.86. The van der Waals surface area contributed by atoms with Crippen molar-refractivity contribution < 1.29 is 4.79 Å². The zero-order valence-electron chi connectivity index (χ0n) is 9.13. The van der Waals surface area contributed by atoms with Crippen LogP contribution in [0.2, 0.25) is 0 Å².